The number of hydrogen-bond donors (Lipinski definition) is 0. The molecule has 3 rings (SSSR count). The molecule has 116 valence electrons. The lowest BCUT2D eigenvalue weighted by atomic mass is 10.0. The second-order valence-corrected chi connectivity index (χ2v) is 5.99. The topological polar surface area (TPSA) is 54.0 Å². The van der Waals surface area contributed by atoms with Gasteiger partial charge in [-0.1, -0.05) is 58.4 Å². The summed E-state index contributed by atoms with van der Waals surface area (Å²) in [7, 11) is 0. The molecular weight excluding hydrogens is 366 g/mol. The van der Waals surface area contributed by atoms with Gasteiger partial charge >= 0.3 is 0 Å². The molecule has 0 N–H and O–H groups in total. The highest BCUT2D eigenvalue weighted by molar-refractivity contribution is 9.10. The number of nitrogens with zero attached hydrogens (tertiary/aromatic N) is 1. The van der Waals surface area contributed by atoms with Crippen molar-refractivity contribution in [2.45, 2.75) is 0 Å². The molecular formula is C20H12BrNO2. The van der Waals surface area contributed by atoms with Gasteiger partial charge in [-0.25, -0.2) is 0 Å². The number of benzene rings is 2. The lowest BCUT2D eigenvalue weighted by molar-refractivity contribution is 0.104. The number of carbonyl (C=O) groups is 1. The van der Waals surface area contributed by atoms with Gasteiger partial charge in [-0.05, 0) is 24.3 Å². The Bertz CT molecular complexity index is 949. The lowest BCUT2D eigenvalue weighted by Gasteiger charge is -1.99. The van der Waals surface area contributed by atoms with E-state index in [1.54, 1.807) is 30.3 Å². The van der Waals surface area contributed by atoms with Crippen LogP contribution >= 0.6 is 15.9 Å². The molecule has 4 heteroatoms. The Balaban J connectivity index is 1.90. The fourth-order valence-corrected chi connectivity index (χ4v) is 2.66. The van der Waals surface area contributed by atoms with Crippen molar-refractivity contribution >= 4 is 27.8 Å². The molecule has 0 fully saturated rings. The van der Waals surface area contributed by atoms with Crippen molar-refractivity contribution in [3.05, 3.63) is 88.1 Å². The molecule has 3 aromatic rings. The van der Waals surface area contributed by atoms with Crippen LogP contribution in [0.5, 0.6) is 0 Å². The van der Waals surface area contributed by atoms with Gasteiger partial charge in [0, 0.05) is 21.7 Å². The Morgan fingerprint density at radius 1 is 1.04 bits per heavy atom. The zero-order valence-electron chi connectivity index (χ0n) is 12.6. The average Bonchev–Trinajstić information content (AvgIpc) is 3.08. The van der Waals surface area contributed by atoms with Crippen LogP contribution in [0.2, 0.25) is 0 Å². The summed E-state index contributed by atoms with van der Waals surface area (Å²) in [6.45, 7) is 0. The molecule has 0 spiro atoms. The summed E-state index contributed by atoms with van der Waals surface area (Å²) in [5.41, 5.74) is 1.43. The third kappa shape index (κ3) is 3.53. The lowest BCUT2D eigenvalue weighted by Crippen LogP contribution is -2.01. The summed E-state index contributed by atoms with van der Waals surface area (Å²) in [4.78, 5) is 12.4. The summed E-state index contributed by atoms with van der Waals surface area (Å²) in [5, 5.41) is 9.29. The van der Waals surface area contributed by atoms with E-state index in [9.17, 15) is 10.1 Å². The van der Waals surface area contributed by atoms with E-state index in [2.05, 4.69) is 15.9 Å². The highest BCUT2D eigenvalue weighted by atomic mass is 79.9. The molecule has 0 aliphatic rings. The van der Waals surface area contributed by atoms with Gasteiger partial charge < -0.3 is 4.42 Å². The largest absolute Gasteiger partial charge is 0.457 e. The van der Waals surface area contributed by atoms with Gasteiger partial charge in [-0.2, -0.15) is 5.26 Å². The molecule has 3 nitrogen and oxygen atoms in total. The van der Waals surface area contributed by atoms with Crippen LogP contribution in [0.3, 0.4) is 0 Å². The number of halogens is 1. The number of rotatable bonds is 4. The van der Waals surface area contributed by atoms with Gasteiger partial charge in [0.15, 0.2) is 0 Å². The molecule has 0 amide bonds. The van der Waals surface area contributed by atoms with E-state index in [0.29, 0.717) is 17.1 Å². The second kappa shape index (κ2) is 7.12. The van der Waals surface area contributed by atoms with E-state index in [1.807, 2.05) is 42.5 Å². The van der Waals surface area contributed by atoms with E-state index in [0.717, 1.165) is 10.0 Å². The van der Waals surface area contributed by atoms with E-state index >= 15 is 0 Å². The molecule has 0 unspecified atom stereocenters. The first-order chi connectivity index (χ1) is 11.7. The SMILES string of the molecule is N#C/C(=C\c1ccc(-c2cccc(Br)c2)o1)C(=O)c1ccccc1. The van der Waals surface area contributed by atoms with Gasteiger partial charge in [-0.3, -0.25) is 4.79 Å². The maximum atomic E-state index is 12.4. The number of hydrogen-bond acceptors (Lipinski definition) is 3. The average molecular weight is 378 g/mol. The van der Waals surface area contributed by atoms with Crippen LogP contribution in [-0.2, 0) is 0 Å². The minimum Gasteiger partial charge on any atom is -0.457 e. The minimum atomic E-state index is -0.321. The van der Waals surface area contributed by atoms with E-state index in [1.165, 1.54) is 6.08 Å². The Morgan fingerprint density at radius 3 is 2.54 bits per heavy atom. The van der Waals surface area contributed by atoms with Crippen LogP contribution in [0.25, 0.3) is 17.4 Å². The summed E-state index contributed by atoms with van der Waals surface area (Å²) >= 11 is 3.42. The molecule has 0 saturated carbocycles. The molecule has 0 radical (unpaired) electrons. The fraction of sp³-hybridized carbons (Fsp3) is 0. The molecule has 24 heavy (non-hydrogen) atoms. The van der Waals surface area contributed by atoms with Crippen molar-refractivity contribution in [2.24, 2.45) is 0 Å². The third-order valence-electron chi connectivity index (χ3n) is 3.42. The van der Waals surface area contributed by atoms with Crippen LogP contribution < -0.4 is 0 Å². The molecule has 0 aliphatic heterocycles. The first-order valence-corrected chi connectivity index (χ1v) is 8.04. The molecule has 0 saturated heterocycles. The van der Waals surface area contributed by atoms with E-state index < -0.39 is 0 Å². The Labute approximate surface area is 148 Å². The van der Waals surface area contributed by atoms with Gasteiger partial charge in [-0.15, -0.1) is 0 Å². The summed E-state index contributed by atoms with van der Waals surface area (Å²) in [5.74, 6) is 0.816. The number of carbonyl (C=O) groups excluding carboxylic acids is 1. The first kappa shape index (κ1) is 16.0. The predicted molar refractivity (Wildman–Crippen MR) is 96.2 cm³/mol. The number of Topliss-reactive ketones (excluding diaryl/α,β-unsaturated/α-hetero) is 1. The molecule has 0 atom stereocenters. The summed E-state index contributed by atoms with van der Waals surface area (Å²) in [6.07, 6.45) is 1.47. The van der Waals surface area contributed by atoms with Crippen LogP contribution in [0.4, 0.5) is 0 Å². The van der Waals surface area contributed by atoms with E-state index in [4.69, 9.17) is 4.42 Å². The van der Waals surface area contributed by atoms with Crippen molar-refractivity contribution < 1.29 is 9.21 Å². The number of nitriles is 1. The highest BCUT2D eigenvalue weighted by Gasteiger charge is 2.13. The quantitative estimate of drug-likeness (QED) is 0.342. The number of furan rings is 1. The molecule has 0 aliphatic carbocycles. The molecule has 1 aromatic heterocycles. The summed E-state index contributed by atoms with van der Waals surface area (Å²) < 4.78 is 6.69. The Morgan fingerprint density at radius 2 is 1.83 bits per heavy atom. The van der Waals surface area contributed by atoms with Crippen molar-refractivity contribution in [1.82, 2.24) is 0 Å². The van der Waals surface area contributed by atoms with Crippen molar-refractivity contribution in [1.29, 1.82) is 5.26 Å². The zero-order chi connectivity index (χ0) is 16.9. The van der Waals surface area contributed by atoms with Crippen LogP contribution in [0, 0.1) is 11.3 Å². The molecule has 2 aromatic carbocycles. The standard InChI is InChI=1S/C20H12BrNO2/c21-17-8-4-7-15(11-17)19-10-9-18(24-19)12-16(13-22)20(23)14-5-2-1-3-6-14/h1-12H/b16-12+. The van der Waals surface area contributed by atoms with Gasteiger partial charge in [0.1, 0.15) is 23.2 Å². The van der Waals surface area contributed by atoms with Crippen LogP contribution in [-0.4, -0.2) is 5.78 Å². The third-order valence-corrected chi connectivity index (χ3v) is 3.92. The van der Waals surface area contributed by atoms with Gasteiger partial charge in [0.2, 0.25) is 5.78 Å². The van der Waals surface area contributed by atoms with Gasteiger partial charge in [0.05, 0.1) is 0 Å². The maximum absolute atomic E-state index is 12.4. The second-order valence-electron chi connectivity index (χ2n) is 5.08. The van der Waals surface area contributed by atoms with Gasteiger partial charge in [0.25, 0.3) is 0 Å². The van der Waals surface area contributed by atoms with Crippen LogP contribution in [0.15, 0.2) is 81.2 Å². The maximum Gasteiger partial charge on any atom is 0.203 e. The zero-order valence-corrected chi connectivity index (χ0v) is 14.2. The first-order valence-electron chi connectivity index (χ1n) is 7.25. The predicted octanol–water partition coefficient (Wildman–Crippen LogP) is 5.50. The fourth-order valence-electron chi connectivity index (χ4n) is 2.26. The van der Waals surface area contributed by atoms with Crippen molar-refractivity contribution in [2.75, 3.05) is 0 Å². The van der Waals surface area contributed by atoms with Crippen molar-refractivity contribution in [3.8, 4) is 17.4 Å². The number of ketones is 1. The van der Waals surface area contributed by atoms with E-state index in [-0.39, 0.29) is 11.4 Å². The normalized spacial score (nSPS) is 11.1. The Kier molecular flexibility index (Phi) is 4.74. The highest BCUT2D eigenvalue weighted by Crippen LogP contribution is 2.26. The number of allylic oxidation sites excluding steroid dienone is 1. The van der Waals surface area contributed by atoms with Crippen molar-refractivity contribution in [3.63, 3.8) is 0 Å². The molecule has 1 heterocycles. The Hall–Kier alpha value is -2.90. The summed E-state index contributed by atoms with van der Waals surface area (Å²) in [6, 6.07) is 21.9. The smallest absolute Gasteiger partial charge is 0.203 e. The van der Waals surface area contributed by atoms with Crippen LogP contribution in [0.1, 0.15) is 16.1 Å². The monoisotopic (exact) mass is 377 g/mol. The molecule has 0 bridgehead atoms. The minimum absolute atomic E-state index is 0.0383.